The van der Waals surface area contributed by atoms with Crippen LogP contribution in [0.5, 0.6) is 5.75 Å². The molecule has 8 heteroatoms. The van der Waals surface area contributed by atoms with E-state index < -0.39 is 0 Å². The van der Waals surface area contributed by atoms with E-state index in [1.165, 1.54) is 0 Å². The molecule has 0 amide bonds. The minimum absolute atomic E-state index is 0.655. The maximum atomic E-state index is 5.80. The van der Waals surface area contributed by atoms with Gasteiger partial charge in [0, 0.05) is 13.1 Å². The molecule has 0 spiro atoms. The predicted octanol–water partition coefficient (Wildman–Crippen LogP) is 3.43. The molecule has 26 heavy (non-hydrogen) atoms. The molecule has 3 aromatic rings. The SMILES string of the molecule is COc1ccccc1-n1c(-c2cccs2)nn(CN2CCOCC2)c1=S. The minimum Gasteiger partial charge on any atom is -0.495 e. The first-order chi connectivity index (χ1) is 12.8. The standard InChI is InChI=1S/C18H20N4O2S2/c1-23-15-6-3-2-5-14(15)22-17(16-7-4-12-26-16)19-21(18(22)25)13-20-8-10-24-11-9-20/h2-7,12H,8-11,13H2,1H3. The lowest BCUT2D eigenvalue weighted by molar-refractivity contribution is 0.0210. The summed E-state index contributed by atoms with van der Waals surface area (Å²) in [4.78, 5) is 3.37. The van der Waals surface area contributed by atoms with Gasteiger partial charge in [0.1, 0.15) is 5.75 Å². The van der Waals surface area contributed by atoms with Gasteiger partial charge in [-0.15, -0.1) is 16.4 Å². The van der Waals surface area contributed by atoms with E-state index in [0.29, 0.717) is 11.4 Å². The van der Waals surface area contributed by atoms with Crippen molar-refractivity contribution in [2.24, 2.45) is 0 Å². The van der Waals surface area contributed by atoms with Gasteiger partial charge in [0.05, 0.1) is 37.6 Å². The van der Waals surface area contributed by atoms with Crippen molar-refractivity contribution in [1.29, 1.82) is 0 Å². The van der Waals surface area contributed by atoms with Crippen LogP contribution in [0.15, 0.2) is 41.8 Å². The van der Waals surface area contributed by atoms with Gasteiger partial charge in [0.25, 0.3) is 0 Å². The molecule has 1 aliphatic rings. The van der Waals surface area contributed by atoms with Crippen LogP contribution in [0.2, 0.25) is 0 Å². The van der Waals surface area contributed by atoms with E-state index in [9.17, 15) is 0 Å². The number of morpholine rings is 1. The Morgan fingerprint density at radius 2 is 2.00 bits per heavy atom. The fraction of sp³-hybridized carbons (Fsp3) is 0.333. The summed E-state index contributed by atoms with van der Waals surface area (Å²) < 4.78 is 15.5. The number of rotatable bonds is 5. The third kappa shape index (κ3) is 3.33. The lowest BCUT2D eigenvalue weighted by Gasteiger charge is -2.26. The molecule has 1 fully saturated rings. The number of ether oxygens (including phenoxy) is 2. The van der Waals surface area contributed by atoms with Crippen molar-refractivity contribution < 1.29 is 9.47 Å². The monoisotopic (exact) mass is 388 g/mol. The highest BCUT2D eigenvalue weighted by Crippen LogP contribution is 2.30. The molecule has 0 atom stereocenters. The van der Waals surface area contributed by atoms with Gasteiger partial charge in [-0.1, -0.05) is 18.2 Å². The molecule has 136 valence electrons. The van der Waals surface area contributed by atoms with E-state index >= 15 is 0 Å². The maximum absolute atomic E-state index is 5.80. The highest BCUT2D eigenvalue weighted by molar-refractivity contribution is 7.71. The van der Waals surface area contributed by atoms with Crippen LogP contribution in [0.3, 0.4) is 0 Å². The first-order valence-electron chi connectivity index (χ1n) is 8.45. The van der Waals surface area contributed by atoms with Gasteiger partial charge < -0.3 is 9.47 Å². The summed E-state index contributed by atoms with van der Waals surface area (Å²) in [5.41, 5.74) is 0.900. The summed E-state index contributed by atoms with van der Waals surface area (Å²) in [6.45, 7) is 3.93. The molecule has 0 unspecified atom stereocenters. The third-order valence-electron chi connectivity index (χ3n) is 4.34. The maximum Gasteiger partial charge on any atom is 0.204 e. The number of benzene rings is 1. The van der Waals surface area contributed by atoms with Crippen molar-refractivity contribution >= 4 is 23.6 Å². The summed E-state index contributed by atoms with van der Waals surface area (Å²) in [5, 5.41) is 6.89. The molecule has 6 nitrogen and oxygen atoms in total. The highest BCUT2D eigenvalue weighted by Gasteiger charge is 2.20. The fourth-order valence-electron chi connectivity index (χ4n) is 3.03. The quantitative estimate of drug-likeness (QED) is 0.627. The summed E-state index contributed by atoms with van der Waals surface area (Å²) >= 11 is 7.45. The van der Waals surface area contributed by atoms with Crippen LogP contribution in [-0.4, -0.2) is 52.7 Å². The lowest BCUT2D eigenvalue weighted by atomic mass is 10.3. The number of aromatic nitrogens is 3. The Hall–Kier alpha value is -2.00. The van der Waals surface area contributed by atoms with Crippen molar-refractivity contribution in [2.45, 2.75) is 6.67 Å². The normalized spacial score (nSPS) is 15.3. The van der Waals surface area contributed by atoms with E-state index in [0.717, 1.165) is 48.4 Å². The highest BCUT2D eigenvalue weighted by atomic mass is 32.1. The average Bonchev–Trinajstić information content (AvgIpc) is 3.31. The van der Waals surface area contributed by atoms with E-state index in [1.807, 2.05) is 45.0 Å². The number of para-hydroxylation sites is 2. The second-order valence-corrected chi connectivity index (χ2v) is 7.27. The fourth-order valence-corrected chi connectivity index (χ4v) is 4.01. The van der Waals surface area contributed by atoms with Crippen LogP contribution in [-0.2, 0) is 11.4 Å². The van der Waals surface area contributed by atoms with Gasteiger partial charge in [-0.05, 0) is 35.8 Å². The largest absolute Gasteiger partial charge is 0.495 e. The number of hydrogen-bond acceptors (Lipinski definition) is 6. The van der Waals surface area contributed by atoms with Gasteiger partial charge >= 0.3 is 0 Å². The van der Waals surface area contributed by atoms with Gasteiger partial charge in [-0.25, -0.2) is 4.68 Å². The molecule has 1 aromatic carbocycles. The molecular formula is C18H20N4O2S2. The molecule has 0 radical (unpaired) electrons. The van der Waals surface area contributed by atoms with Crippen LogP contribution in [0, 0.1) is 4.77 Å². The minimum atomic E-state index is 0.655. The average molecular weight is 389 g/mol. The summed E-state index contributed by atoms with van der Waals surface area (Å²) in [6, 6.07) is 12.0. The summed E-state index contributed by atoms with van der Waals surface area (Å²) in [6.07, 6.45) is 0. The number of methoxy groups -OCH3 is 1. The summed E-state index contributed by atoms with van der Waals surface area (Å²) in [5.74, 6) is 1.61. The van der Waals surface area contributed by atoms with Gasteiger partial charge in [-0.2, -0.15) is 0 Å². The molecule has 0 bridgehead atoms. The van der Waals surface area contributed by atoms with E-state index in [2.05, 4.69) is 11.0 Å². The van der Waals surface area contributed by atoms with Gasteiger partial charge in [0.2, 0.25) is 4.77 Å². The Bertz CT molecular complexity index is 927. The predicted molar refractivity (Wildman–Crippen MR) is 105 cm³/mol. The molecule has 0 saturated carbocycles. The zero-order valence-corrected chi connectivity index (χ0v) is 16.1. The van der Waals surface area contributed by atoms with Crippen molar-refractivity contribution in [2.75, 3.05) is 33.4 Å². The van der Waals surface area contributed by atoms with Crippen LogP contribution in [0.25, 0.3) is 16.4 Å². The number of nitrogens with zero attached hydrogens (tertiary/aromatic N) is 4. The molecular weight excluding hydrogens is 368 g/mol. The second-order valence-electron chi connectivity index (χ2n) is 5.96. The molecule has 3 heterocycles. The first-order valence-corrected chi connectivity index (χ1v) is 9.74. The molecule has 4 rings (SSSR count). The Balaban J connectivity index is 1.82. The van der Waals surface area contributed by atoms with Crippen molar-refractivity contribution in [3.8, 4) is 22.1 Å². The third-order valence-corrected chi connectivity index (χ3v) is 5.60. The van der Waals surface area contributed by atoms with Crippen molar-refractivity contribution in [1.82, 2.24) is 19.2 Å². The smallest absolute Gasteiger partial charge is 0.204 e. The van der Waals surface area contributed by atoms with Crippen molar-refractivity contribution in [3.05, 3.63) is 46.5 Å². The Kier molecular flexibility index (Phi) is 5.16. The molecule has 0 aliphatic carbocycles. The van der Waals surface area contributed by atoms with E-state index in [1.54, 1.807) is 18.4 Å². The molecule has 1 saturated heterocycles. The van der Waals surface area contributed by atoms with E-state index in [4.69, 9.17) is 26.8 Å². The van der Waals surface area contributed by atoms with Crippen LogP contribution in [0.1, 0.15) is 0 Å². The van der Waals surface area contributed by atoms with Crippen LogP contribution >= 0.6 is 23.6 Å². The molecule has 2 aromatic heterocycles. The van der Waals surface area contributed by atoms with Gasteiger partial charge in [-0.3, -0.25) is 9.47 Å². The van der Waals surface area contributed by atoms with E-state index in [-0.39, 0.29) is 0 Å². The molecule has 0 N–H and O–H groups in total. The zero-order chi connectivity index (χ0) is 17.9. The number of hydrogen-bond donors (Lipinski definition) is 0. The lowest BCUT2D eigenvalue weighted by Crippen LogP contribution is -2.37. The van der Waals surface area contributed by atoms with Gasteiger partial charge in [0.15, 0.2) is 5.82 Å². The van der Waals surface area contributed by atoms with Crippen molar-refractivity contribution in [3.63, 3.8) is 0 Å². The number of thiophene rings is 1. The summed E-state index contributed by atoms with van der Waals surface area (Å²) in [7, 11) is 1.67. The van der Waals surface area contributed by atoms with Crippen LogP contribution in [0.4, 0.5) is 0 Å². The second kappa shape index (κ2) is 7.71. The zero-order valence-electron chi connectivity index (χ0n) is 14.5. The topological polar surface area (TPSA) is 44.5 Å². The van der Waals surface area contributed by atoms with Crippen LogP contribution < -0.4 is 4.74 Å². The Labute approximate surface area is 161 Å². The molecule has 1 aliphatic heterocycles. The first kappa shape index (κ1) is 17.4. The Morgan fingerprint density at radius 1 is 1.19 bits per heavy atom. The Morgan fingerprint density at radius 3 is 2.73 bits per heavy atom.